The normalized spacial score (nSPS) is 13.8. The Kier molecular flexibility index (Phi) is 24.3. The van der Waals surface area contributed by atoms with E-state index in [2.05, 4.69) is 43.2 Å². The summed E-state index contributed by atoms with van der Waals surface area (Å²) in [7, 11) is 4.02. The van der Waals surface area contributed by atoms with Gasteiger partial charge in [0.25, 0.3) is 12.4 Å². The fraction of sp³-hybridized carbons (Fsp3) is 0.659. The standard InChI is InChI=1S/C41H68N8O6S/c1-46(2)32-38-20-21-39(55-38)35-56-29-25-45-41(34-49(52)53)43-23-13-10-8-6-4-3-5-7-9-12-22-42-40(33-48(50)51)44-24-17-28-54-37-19-16-18-36(30-37)31-47-26-14-11-15-27-47/h16,18-21,30,33-34,42-45H,3-15,17,22-29,31-32,35H2,1-2H3. The van der Waals surface area contributed by atoms with Gasteiger partial charge in [-0.2, -0.15) is 11.8 Å². The fourth-order valence-electron chi connectivity index (χ4n) is 6.55. The Balaban J connectivity index is 1.12. The fourth-order valence-corrected chi connectivity index (χ4v) is 7.30. The lowest BCUT2D eigenvalue weighted by Gasteiger charge is -2.26. The lowest BCUT2D eigenvalue weighted by atomic mass is 10.1. The summed E-state index contributed by atoms with van der Waals surface area (Å²) >= 11 is 1.73. The Morgan fingerprint density at radius 3 is 1.91 bits per heavy atom. The van der Waals surface area contributed by atoms with Crippen molar-refractivity contribution in [2.75, 3.05) is 65.7 Å². The van der Waals surface area contributed by atoms with Gasteiger partial charge in [-0.25, -0.2) is 0 Å². The monoisotopic (exact) mass is 800 g/mol. The van der Waals surface area contributed by atoms with Crippen LogP contribution >= 0.6 is 11.8 Å². The number of furan rings is 1. The van der Waals surface area contributed by atoms with Crippen LogP contribution in [-0.4, -0.2) is 85.4 Å². The van der Waals surface area contributed by atoms with E-state index in [4.69, 9.17) is 9.15 Å². The van der Waals surface area contributed by atoms with Gasteiger partial charge in [0.05, 0.1) is 28.8 Å². The molecule has 1 saturated heterocycles. The first kappa shape index (κ1) is 46.4. The summed E-state index contributed by atoms with van der Waals surface area (Å²) in [5, 5.41) is 34.9. The summed E-state index contributed by atoms with van der Waals surface area (Å²) in [5.41, 5.74) is 1.27. The zero-order valence-corrected chi connectivity index (χ0v) is 34.8. The van der Waals surface area contributed by atoms with Crippen LogP contribution in [0, 0.1) is 20.2 Å². The number of benzene rings is 1. The summed E-state index contributed by atoms with van der Waals surface area (Å²) in [5.74, 6) is 5.24. The van der Waals surface area contributed by atoms with Crippen molar-refractivity contribution in [1.29, 1.82) is 0 Å². The van der Waals surface area contributed by atoms with E-state index in [-0.39, 0.29) is 0 Å². The van der Waals surface area contributed by atoms with Crippen LogP contribution in [0.3, 0.4) is 0 Å². The number of nitrogens with zero attached hydrogens (tertiary/aromatic N) is 4. The highest BCUT2D eigenvalue weighted by molar-refractivity contribution is 7.98. The number of nitrogens with one attached hydrogen (secondary N) is 4. The van der Waals surface area contributed by atoms with Crippen molar-refractivity contribution < 1.29 is 19.0 Å². The molecule has 1 aromatic carbocycles. The molecule has 4 N–H and O–H groups in total. The van der Waals surface area contributed by atoms with Gasteiger partial charge in [0, 0.05) is 38.5 Å². The van der Waals surface area contributed by atoms with E-state index in [1.54, 1.807) is 11.8 Å². The summed E-state index contributed by atoms with van der Waals surface area (Å²) in [4.78, 5) is 26.0. The summed E-state index contributed by atoms with van der Waals surface area (Å²) < 4.78 is 11.8. The first-order chi connectivity index (χ1) is 27.3. The van der Waals surface area contributed by atoms with Crippen LogP contribution in [-0.2, 0) is 18.8 Å². The van der Waals surface area contributed by atoms with Gasteiger partial charge in [0.2, 0.25) is 0 Å². The van der Waals surface area contributed by atoms with E-state index in [0.29, 0.717) is 44.4 Å². The number of likely N-dealkylation sites (tertiary alicyclic amines) is 1. The number of nitro groups is 2. The van der Waals surface area contributed by atoms with Gasteiger partial charge in [-0.15, -0.1) is 0 Å². The molecule has 0 spiro atoms. The summed E-state index contributed by atoms with van der Waals surface area (Å²) in [6, 6.07) is 12.3. The largest absolute Gasteiger partial charge is 0.494 e. The zero-order chi connectivity index (χ0) is 40.1. The van der Waals surface area contributed by atoms with Crippen molar-refractivity contribution in [1.82, 2.24) is 31.1 Å². The number of thioether (sulfide) groups is 1. The number of hydrogen-bond acceptors (Lipinski definition) is 13. The van der Waals surface area contributed by atoms with Crippen molar-refractivity contribution in [3.8, 4) is 5.75 Å². The van der Waals surface area contributed by atoms with E-state index in [1.807, 2.05) is 38.4 Å². The SMILES string of the molecule is CN(C)Cc1ccc(CSCCNC(=C[N+](=O)[O-])NCCCCCCCCCCCCNC(=C[N+](=O)[O-])NCCCOc2cccc(CN3CCCCC3)c2)o1. The van der Waals surface area contributed by atoms with Crippen molar-refractivity contribution in [2.45, 2.75) is 109 Å². The molecule has 15 heteroatoms. The molecule has 0 saturated carbocycles. The smallest absolute Gasteiger partial charge is 0.274 e. The van der Waals surface area contributed by atoms with E-state index >= 15 is 0 Å². The average Bonchev–Trinajstić information content (AvgIpc) is 3.60. The maximum absolute atomic E-state index is 11.1. The number of rotatable bonds is 33. The molecule has 2 heterocycles. The molecule has 3 rings (SSSR count). The van der Waals surface area contributed by atoms with E-state index in [1.165, 1.54) is 50.5 Å². The van der Waals surface area contributed by atoms with Gasteiger partial charge in [-0.1, -0.05) is 69.9 Å². The molecular formula is C41H68N8O6S. The Hall–Kier alpha value is -3.95. The molecule has 0 bridgehead atoms. The molecule has 314 valence electrons. The van der Waals surface area contributed by atoms with E-state index in [9.17, 15) is 20.2 Å². The molecule has 0 aliphatic carbocycles. The third-order valence-electron chi connectivity index (χ3n) is 9.36. The van der Waals surface area contributed by atoms with Gasteiger partial charge in [-0.3, -0.25) is 25.1 Å². The third-order valence-corrected chi connectivity index (χ3v) is 10.3. The summed E-state index contributed by atoms with van der Waals surface area (Å²) in [6.07, 6.45) is 17.9. The van der Waals surface area contributed by atoms with Crippen LogP contribution < -0.4 is 26.0 Å². The van der Waals surface area contributed by atoms with Gasteiger partial charge >= 0.3 is 0 Å². The highest BCUT2D eigenvalue weighted by Gasteiger charge is 2.11. The molecule has 2 aromatic rings. The molecule has 0 radical (unpaired) electrons. The van der Waals surface area contributed by atoms with Crippen LogP contribution in [0.2, 0.25) is 0 Å². The van der Waals surface area contributed by atoms with Crippen molar-refractivity contribution in [3.05, 3.63) is 97.8 Å². The second-order valence-corrected chi connectivity index (χ2v) is 15.8. The highest BCUT2D eigenvalue weighted by Crippen LogP contribution is 2.18. The molecule has 1 aromatic heterocycles. The maximum Gasteiger partial charge on any atom is 0.274 e. The first-order valence-electron chi connectivity index (χ1n) is 20.7. The van der Waals surface area contributed by atoms with Gasteiger partial charge in [-0.05, 0) is 89.1 Å². The molecule has 14 nitrogen and oxygen atoms in total. The van der Waals surface area contributed by atoms with E-state index < -0.39 is 9.85 Å². The molecule has 1 aliphatic rings. The van der Waals surface area contributed by atoms with Crippen LogP contribution in [0.1, 0.15) is 107 Å². The minimum Gasteiger partial charge on any atom is -0.494 e. The van der Waals surface area contributed by atoms with Crippen molar-refractivity contribution in [2.24, 2.45) is 0 Å². The number of piperidine rings is 1. The zero-order valence-electron chi connectivity index (χ0n) is 33.9. The quantitative estimate of drug-likeness (QED) is 0.0320. The van der Waals surface area contributed by atoms with Crippen LogP contribution in [0.25, 0.3) is 0 Å². The van der Waals surface area contributed by atoms with Gasteiger partial charge < -0.3 is 35.3 Å². The molecule has 1 aliphatic heterocycles. The first-order valence-corrected chi connectivity index (χ1v) is 21.8. The van der Waals surface area contributed by atoms with Crippen LogP contribution in [0.15, 0.2) is 64.9 Å². The second kappa shape index (κ2) is 29.3. The molecule has 0 atom stereocenters. The Bertz CT molecular complexity index is 1430. The lowest BCUT2D eigenvalue weighted by Crippen LogP contribution is -2.29. The molecule has 56 heavy (non-hydrogen) atoms. The predicted molar refractivity (Wildman–Crippen MR) is 226 cm³/mol. The Morgan fingerprint density at radius 2 is 1.32 bits per heavy atom. The minimum atomic E-state index is -0.424. The third kappa shape index (κ3) is 23.2. The molecular weight excluding hydrogens is 733 g/mol. The average molecular weight is 801 g/mol. The Labute approximate surface area is 338 Å². The van der Waals surface area contributed by atoms with Crippen molar-refractivity contribution >= 4 is 11.8 Å². The van der Waals surface area contributed by atoms with Gasteiger partial charge in [0.1, 0.15) is 17.3 Å². The van der Waals surface area contributed by atoms with Crippen LogP contribution in [0.5, 0.6) is 5.75 Å². The highest BCUT2D eigenvalue weighted by atomic mass is 32.2. The topological polar surface area (TPSA) is 163 Å². The molecule has 1 fully saturated rings. The second-order valence-electron chi connectivity index (χ2n) is 14.7. The minimum absolute atomic E-state index is 0.424. The summed E-state index contributed by atoms with van der Waals surface area (Å²) in [6.45, 7) is 7.21. The predicted octanol–water partition coefficient (Wildman–Crippen LogP) is 7.44. The number of ether oxygens (including phenoxy) is 1. The lowest BCUT2D eigenvalue weighted by molar-refractivity contribution is -0.404. The van der Waals surface area contributed by atoms with Crippen molar-refractivity contribution in [3.63, 3.8) is 0 Å². The van der Waals surface area contributed by atoms with E-state index in [0.717, 1.165) is 112 Å². The molecule has 0 unspecified atom stereocenters. The number of hydrogen-bond donors (Lipinski definition) is 4. The molecule has 0 amide bonds. The van der Waals surface area contributed by atoms with Crippen LogP contribution in [0.4, 0.5) is 0 Å². The van der Waals surface area contributed by atoms with Gasteiger partial charge in [0.15, 0.2) is 11.6 Å². The maximum atomic E-state index is 11.1. The number of unbranched alkanes of at least 4 members (excludes halogenated alkanes) is 9. The Morgan fingerprint density at radius 1 is 0.768 bits per heavy atom.